The number of carbonyl (C=O) groups is 1. The molecule has 12 N–H and O–H groups in total. The number of aliphatic hydroxyl groups is 11. The summed E-state index contributed by atoms with van der Waals surface area (Å²) in [5, 5.41) is 121. The fourth-order valence-corrected chi connectivity index (χ4v) is 13.4. The lowest BCUT2D eigenvalue weighted by Crippen LogP contribution is -2.66. The standard InChI is InChI=1S/C79H145NO18/c1-3-5-7-9-11-13-15-17-19-21-23-25-27-28-29-30-31-32-33-35-36-38-40-42-44-46-48-50-52-54-56-63(84)62(80-67(85)57-55-53-51-49-47-45-43-41-39-37-34-26-24-22-20-18-16-14-12-10-8-6-4-2)61-93-77-73(91)70(88)75(65(59-82)95-77)98-79-74(92)71(89)76(66(60-83)96-79)97-78-72(90)69(87)68(86)64(58-81)94-78/h16,18,22,24,34,37,54,56,62-66,68-79,81-84,86-92H,3-15,17,19-21,23,25-33,35-36,38-53,55,57-61H2,1-2H3,(H,80,85)/b18-16-,24-22-,37-34-,56-54+. The van der Waals surface area contributed by atoms with Crippen LogP contribution in [0.4, 0.5) is 0 Å². The highest BCUT2D eigenvalue weighted by Gasteiger charge is 2.54. The molecule has 0 saturated carbocycles. The topological polar surface area (TPSA) is 307 Å². The highest BCUT2D eigenvalue weighted by Crippen LogP contribution is 2.33. The Morgan fingerprint density at radius 3 is 1.05 bits per heavy atom. The summed E-state index contributed by atoms with van der Waals surface area (Å²) in [5.41, 5.74) is 0. The molecule has 3 aliphatic heterocycles. The van der Waals surface area contributed by atoms with Crippen LogP contribution in [0.15, 0.2) is 48.6 Å². The van der Waals surface area contributed by atoms with Gasteiger partial charge in [0.05, 0.1) is 38.6 Å². The number of rotatable bonds is 63. The molecule has 17 unspecified atom stereocenters. The number of carbonyl (C=O) groups excluding carboxylic acids is 1. The first kappa shape index (κ1) is 90.0. The minimum Gasteiger partial charge on any atom is -0.394 e. The molecule has 0 aromatic rings. The van der Waals surface area contributed by atoms with Crippen molar-refractivity contribution >= 4 is 5.91 Å². The van der Waals surface area contributed by atoms with E-state index in [1.807, 2.05) is 6.08 Å². The van der Waals surface area contributed by atoms with E-state index in [9.17, 15) is 61.0 Å². The lowest BCUT2D eigenvalue weighted by Gasteiger charge is -2.48. The number of unbranched alkanes of at least 4 members (excludes halogenated alkanes) is 41. The molecule has 19 heteroatoms. The maximum Gasteiger partial charge on any atom is 0.220 e. The largest absolute Gasteiger partial charge is 0.394 e. The minimum absolute atomic E-state index is 0.235. The third kappa shape index (κ3) is 40.1. The first-order valence-corrected chi connectivity index (χ1v) is 39.9. The van der Waals surface area contributed by atoms with Crippen molar-refractivity contribution < 1.29 is 89.4 Å². The normalized spacial score (nSPS) is 27.0. The van der Waals surface area contributed by atoms with E-state index in [2.05, 4.69) is 55.6 Å². The molecule has 0 aromatic heterocycles. The Hall–Kier alpha value is -2.25. The third-order valence-electron chi connectivity index (χ3n) is 19.9. The number of aliphatic hydroxyl groups excluding tert-OH is 11. The van der Waals surface area contributed by atoms with Gasteiger partial charge in [0.25, 0.3) is 0 Å². The maximum atomic E-state index is 13.5. The SMILES string of the molecule is CCCCCCC/C=C\C/C=C\C/C=C\CCCCCCCCCCC(=O)NC(COC1OC(CO)C(OC2OC(CO)C(OC3OC(CO)C(O)C(O)C3O)C(O)C2O)C(O)C1O)C(O)/C=C/CCCCCCCCCCCCCCCCCCCCCCCCCCCCCC. The summed E-state index contributed by atoms with van der Waals surface area (Å²) in [6, 6.07) is -0.981. The van der Waals surface area contributed by atoms with Gasteiger partial charge in [-0.3, -0.25) is 4.79 Å². The smallest absolute Gasteiger partial charge is 0.220 e. The number of amides is 1. The predicted octanol–water partition coefficient (Wildman–Crippen LogP) is 12.9. The van der Waals surface area contributed by atoms with Gasteiger partial charge in [-0.25, -0.2) is 0 Å². The van der Waals surface area contributed by atoms with E-state index in [1.54, 1.807) is 6.08 Å². The highest BCUT2D eigenvalue weighted by atomic mass is 16.8. The van der Waals surface area contributed by atoms with Crippen LogP contribution >= 0.6 is 0 Å². The molecule has 98 heavy (non-hydrogen) atoms. The van der Waals surface area contributed by atoms with Crippen molar-refractivity contribution in [2.75, 3.05) is 26.4 Å². The van der Waals surface area contributed by atoms with E-state index in [0.717, 1.165) is 70.6 Å². The molecule has 3 heterocycles. The van der Waals surface area contributed by atoms with Gasteiger partial charge in [-0.1, -0.05) is 300 Å². The molecule has 17 atom stereocenters. The first-order valence-electron chi connectivity index (χ1n) is 39.9. The monoisotopic (exact) mass is 1400 g/mol. The molecule has 3 rings (SSSR count). The van der Waals surface area contributed by atoms with Gasteiger partial charge in [0.1, 0.15) is 73.2 Å². The van der Waals surface area contributed by atoms with Crippen molar-refractivity contribution in [3.05, 3.63) is 48.6 Å². The summed E-state index contributed by atoms with van der Waals surface area (Å²) in [5.74, 6) is -0.280. The van der Waals surface area contributed by atoms with Gasteiger partial charge < -0.3 is 89.9 Å². The number of ether oxygens (including phenoxy) is 6. The zero-order valence-electron chi connectivity index (χ0n) is 61.3. The number of allylic oxidation sites excluding steroid dienone is 7. The molecule has 3 saturated heterocycles. The number of hydrogen-bond acceptors (Lipinski definition) is 18. The summed E-state index contributed by atoms with van der Waals surface area (Å²) in [4.78, 5) is 13.5. The van der Waals surface area contributed by atoms with Crippen LogP contribution in [-0.4, -0.2) is 193 Å². The van der Waals surface area contributed by atoms with E-state index < -0.39 is 124 Å². The Labute approximate surface area is 593 Å². The summed E-state index contributed by atoms with van der Waals surface area (Å²) in [6.45, 7) is 1.76. The molecule has 1 amide bonds. The molecule has 3 fully saturated rings. The highest BCUT2D eigenvalue weighted by molar-refractivity contribution is 5.76. The second-order valence-corrected chi connectivity index (χ2v) is 28.5. The van der Waals surface area contributed by atoms with Crippen molar-refractivity contribution in [1.82, 2.24) is 5.32 Å². The van der Waals surface area contributed by atoms with E-state index >= 15 is 0 Å². The average molecular weight is 1400 g/mol. The van der Waals surface area contributed by atoms with E-state index in [4.69, 9.17) is 28.4 Å². The van der Waals surface area contributed by atoms with Crippen LogP contribution in [0.1, 0.15) is 316 Å². The van der Waals surface area contributed by atoms with E-state index in [-0.39, 0.29) is 18.9 Å². The average Bonchev–Trinajstić information content (AvgIpc) is 0.785. The molecular formula is C79H145NO18. The van der Waals surface area contributed by atoms with Gasteiger partial charge in [0.15, 0.2) is 18.9 Å². The van der Waals surface area contributed by atoms with Crippen LogP contribution in [0.25, 0.3) is 0 Å². The zero-order valence-corrected chi connectivity index (χ0v) is 61.3. The van der Waals surface area contributed by atoms with Crippen molar-refractivity contribution in [2.45, 2.75) is 420 Å². The zero-order chi connectivity index (χ0) is 71.1. The second kappa shape index (κ2) is 60.1. The first-order chi connectivity index (χ1) is 47.8. The van der Waals surface area contributed by atoms with Gasteiger partial charge >= 0.3 is 0 Å². The van der Waals surface area contributed by atoms with Gasteiger partial charge in [-0.2, -0.15) is 0 Å². The fourth-order valence-electron chi connectivity index (χ4n) is 13.4. The Bertz CT molecular complexity index is 1960. The lowest BCUT2D eigenvalue weighted by atomic mass is 9.96. The van der Waals surface area contributed by atoms with Crippen LogP contribution in [0.2, 0.25) is 0 Å². The molecule has 0 bridgehead atoms. The molecule has 0 radical (unpaired) electrons. The molecule has 0 spiro atoms. The number of hydrogen-bond donors (Lipinski definition) is 12. The van der Waals surface area contributed by atoms with Gasteiger partial charge in [0, 0.05) is 6.42 Å². The Balaban J connectivity index is 1.39. The molecule has 19 nitrogen and oxygen atoms in total. The predicted molar refractivity (Wildman–Crippen MR) is 388 cm³/mol. The maximum absolute atomic E-state index is 13.5. The van der Waals surface area contributed by atoms with Gasteiger partial charge in [-0.15, -0.1) is 0 Å². The third-order valence-corrected chi connectivity index (χ3v) is 19.9. The van der Waals surface area contributed by atoms with Crippen LogP contribution in [-0.2, 0) is 33.2 Å². The van der Waals surface area contributed by atoms with E-state index in [1.165, 1.54) is 218 Å². The van der Waals surface area contributed by atoms with Crippen molar-refractivity contribution in [1.29, 1.82) is 0 Å². The summed E-state index contributed by atoms with van der Waals surface area (Å²) < 4.78 is 34.4. The van der Waals surface area contributed by atoms with Crippen LogP contribution < -0.4 is 5.32 Å². The lowest BCUT2D eigenvalue weighted by molar-refractivity contribution is -0.379. The summed E-state index contributed by atoms with van der Waals surface area (Å²) in [6.07, 6.45) is 48.1. The quantitative estimate of drug-likeness (QED) is 0.0199. The summed E-state index contributed by atoms with van der Waals surface area (Å²) >= 11 is 0. The van der Waals surface area contributed by atoms with Gasteiger partial charge in [0.2, 0.25) is 5.91 Å². The molecule has 0 aliphatic carbocycles. The number of nitrogens with one attached hydrogen (secondary N) is 1. The molecule has 0 aromatic carbocycles. The molecule has 3 aliphatic rings. The molecule has 574 valence electrons. The van der Waals surface area contributed by atoms with Crippen LogP contribution in [0, 0.1) is 0 Å². The Morgan fingerprint density at radius 2 is 0.673 bits per heavy atom. The van der Waals surface area contributed by atoms with Crippen LogP contribution in [0.5, 0.6) is 0 Å². The Morgan fingerprint density at radius 1 is 0.367 bits per heavy atom. The fraction of sp³-hybridized carbons (Fsp3) is 0.886. The van der Waals surface area contributed by atoms with E-state index in [0.29, 0.717) is 6.42 Å². The van der Waals surface area contributed by atoms with Crippen molar-refractivity contribution in [2.24, 2.45) is 0 Å². The summed E-state index contributed by atoms with van der Waals surface area (Å²) in [7, 11) is 0. The Kier molecular flexibility index (Phi) is 55.1. The molecular weight excluding hydrogens is 1250 g/mol. The van der Waals surface area contributed by atoms with Crippen LogP contribution in [0.3, 0.4) is 0 Å². The van der Waals surface area contributed by atoms with Gasteiger partial charge in [-0.05, 0) is 57.8 Å². The minimum atomic E-state index is -1.98. The van der Waals surface area contributed by atoms with Crippen molar-refractivity contribution in [3.8, 4) is 0 Å². The second-order valence-electron chi connectivity index (χ2n) is 28.5. The van der Waals surface area contributed by atoms with Crippen molar-refractivity contribution in [3.63, 3.8) is 0 Å².